The Labute approximate surface area is 122 Å². The second-order valence-corrected chi connectivity index (χ2v) is 4.60. The number of rotatable bonds is 6. The molecular formula is C15H17N3O3. The molecule has 0 saturated heterocycles. The predicted octanol–water partition coefficient (Wildman–Crippen LogP) is 3.31. The fourth-order valence-corrected chi connectivity index (χ4v) is 1.90. The molecule has 2 aromatic rings. The van der Waals surface area contributed by atoms with Gasteiger partial charge in [0.15, 0.2) is 5.75 Å². The maximum Gasteiger partial charge on any atom is 0.311 e. The topological polar surface area (TPSA) is 77.3 Å². The number of aryl methyl sites for hydroxylation is 1. The lowest BCUT2D eigenvalue weighted by atomic mass is 10.2. The molecule has 0 unspecified atom stereocenters. The number of nitro groups is 1. The molecule has 110 valence electrons. The van der Waals surface area contributed by atoms with Crippen molar-refractivity contribution in [2.45, 2.75) is 20.5 Å². The van der Waals surface area contributed by atoms with Crippen molar-refractivity contribution in [1.29, 1.82) is 0 Å². The van der Waals surface area contributed by atoms with Gasteiger partial charge in [0, 0.05) is 18.8 Å². The summed E-state index contributed by atoms with van der Waals surface area (Å²) in [6.45, 7) is 4.83. The highest BCUT2D eigenvalue weighted by molar-refractivity contribution is 5.48. The van der Waals surface area contributed by atoms with Gasteiger partial charge in [-0.05, 0) is 43.2 Å². The molecular weight excluding hydrogens is 270 g/mol. The fourth-order valence-electron chi connectivity index (χ4n) is 1.90. The van der Waals surface area contributed by atoms with Gasteiger partial charge in [0.2, 0.25) is 0 Å². The maximum absolute atomic E-state index is 11.0. The minimum Gasteiger partial charge on any atom is -0.482 e. The van der Waals surface area contributed by atoms with Crippen molar-refractivity contribution in [3.8, 4) is 5.75 Å². The molecule has 0 bridgehead atoms. The highest BCUT2D eigenvalue weighted by Gasteiger charge is 2.15. The van der Waals surface area contributed by atoms with Crippen molar-refractivity contribution in [2.75, 3.05) is 11.9 Å². The summed E-state index contributed by atoms with van der Waals surface area (Å²) in [6.07, 6.45) is 1.68. The van der Waals surface area contributed by atoms with Crippen molar-refractivity contribution >= 4 is 11.5 Å². The van der Waals surface area contributed by atoms with Gasteiger partial charge in [0.25, 0.3) is 0 Å². The zero-order valence-electron chi connectivity index (χ0n) is 12.0. The minimum atomic E-state index is -0.432. The van der Waals surface area contributed by atoms with Crippen molar-refractivity contribution in [1.82, 2.24) is 4.98 Å². The van der Waals surface area contributed by atoms with E-state index in [2.05, 4.69) is 10.3 Å². The van der Waals surface area contributed by atoms with Gasteiger partial charge >= 0.3 is 5.69 Å². The van der Waals surface area contributed by atoms with E-state index in [0.717, 1.165) is 23.5 Å². The lowest BCUT2D eigenvalue weighted by Gasteiger charge is -2.09. The molecule has 0 spiro atoms. The SMILES string of the molecule is CCNc1cc(COc2ccc(C)cc2[N+](=O)[O-])ccn1. The number of aromatic nitrogens is 1. The number of hydrogen-bond donors (Lipinski definition) is 1. The Morgan fingerprint density at radius 2 is 2.14 bits per heavy atom. The Hall–Kier alpha value is -2.63. The van der Waals surface area contributed by atoms with E-state index in [1.807, 2.05) is 26.0 Å². The first kappa shape index (κ1) is 14.8. The zero-order chi connectivity index (χ0) is 15.2. The summed E-state index contributed by atoms with van der Waals surface area (Å²) < 4.78 is 5.58. The highest BCUT2D eigenvalue weighted by atomic mass is 16.6. The van der Waals surface area contributed by atoms with E-state index in [-0.39, 0.29) is 18.0 Å². The van der Waals surface area contributed by atoms with Gasteiger partial charge in [-0.15, -0.1) is 0 Å². The first-order valence-corrected chi connectivity index (χ1v) is 6.66. The van der Waals surface area contributed by atoms with Crippen molar-refractivity contribution < 1.29 is 9.66 Å². The average Bonchev–Trinajstić information content (AvgIpc) is 2.46. The fraction of sp³-hybridized carbons (Fsp3) is 0.267. The van der Waals surface area contributed by atoms with Crippen LogP contribution in [0.25, 0.3) is 0 Å². The van der Waals surface area contributed by atoms with Gasteiger partial charge in [-0.1, -0.05) is 6.07 Å². The number of nitrogens with one attached hydrogen (secondary N) is 1. The van der Waals surface area contributed by atoms with Crippen LogP contribution in [0.3, 0.4) is 0 Å². The monoisotopic (exact) mass is 287 g/mol. The molecule has 0 radical (unpaired) electrons. The van der Waals surface area contributed by atoms with Gasteiger partial charge in [0.1, 0.15) is 12.4 Å². The number of benzene rings is 1. The van der Waals surface area contributed by atoms with Crippen molar-refractivity contribution in [2.24, 2.45) is 0 Å². The van der Waals surface area contributed by atoms with E-state index in [9.17, 15) is 10.1 Å². The van der Waals surface area contributed by atoms with Gasteiger partial charge in [-0.3, -0.25) is 10.1 Å². The molecule has 0 aliphatic rings. The normalized spacial score (nSPS) is 10.2. The Bertz CT molecular complexity index is 644. The predicted molar refractivity (Wildman–Crippen MR) is 80.6 cm³/mol. The average molecular weight is 287 g/mol. The first-order chi connectivity index (χ1) is 10.1. The van der Waals surface area contributed by atoms with Crippen molar-refractivity contribution in [3.63, 3.8) is 0 Å². The smallest absolute Gasteiger partial charge is 0.311 e. The van der Waals surface area contributed by atoms with Crippen LogP contribution in [0, 0.1) is 17.0 Å². The van der Waals surface area contributed by atoms with Crippen LogP contribution >= 0.6 is 0 Å². The third-order valence-electron chi connectivity index (χ3n) is 2.89. The number of pyridine rings is 1. The summed E-state index contributed by atoms with van der Waals surface area (Å²) in [6, 6.07) is 8.61. The van der Waals surface area contributed by atoms with Crippen LogP contribution < -0.4 is 10.1 Å². The van der Waals surface area contributed by atoms with Crippen LogP contribution in [0.5, 0.6) is 5.75 Å². The maximum atomic E-state index is 11.0. The third kappa shape index (κ3) is 3.92. The molecule has 0 fully saturated rings. The van der Waals surface area contributed by atoms with Crippen LogP contribution in [0.2, 0.25) is 0 Å². The molecule has 6 nitrogen and oxygen atoms in total. The molecule has 0 saturated carbocycles. The summed E-state index contributed by atoms with van der Waals surface area (Å²) in [4.78, 5) is 14.8. The summed E-state index contributed by atoms with van der Waals surface area (Å²) >= 11 is 0. The van der Waals surface area contributed by atoms with Gasteiger partial charge in [0.05, 0.1) is 4.92 Å². The van der Waals surface area contributed by atoms with E-state index in [4.69, 9.17) is 4.74 Å². The summed E-state index contributed by atoms with van der Waals surface area (Å²) in [5.41, 5.74) is 1.71. The molecule has 1 aromatic heterocycles. The summed E-state index contributed by atoms with van der Waals surface area (Å²) in [5, 5.41) is 14.1. The standard InChI is InChI=1S/C15H17N3O3/c1-3-16-15-9-12(6-7-17-15)10-21-14-5-4-11(2)8-13(14)18(19)20/h4-9H,3,10H2,1-2H3,(H,16,17). The van der Waals surface area contributed by atoms with Crippen LogP contribution in [-0.2, 0) is 6.61 Å². The minimum absolute atomic E-state index is 0.0176. The Kier molecular flexibility index (Phi) is 4.71. The first-order valence-electron chi connectivity index (χ1n) is 6.66. The molecule has 21 heavy (non-hydrogen) atoms. The largest absolute Gasteiger partial charge is 0.482 e. The zero-order valence-corrected chi connectivity index (χ0v) is 12.0. The van der Waals surface area contributed by atoms with E-state index < -0.39 is 4.92 Å². The van der Waals surface area contributed by atoms with Crippen molar-refractivity contribution in [3.05, 3.63) is 57.8 Å². The van der Waals surface area contributed by atoms with E-state index in [0.29, 0.717) is 0 Å². The lowest BCUT2D eigenvalue weighted by Crippen LogP contribution is -2.02. The van der Waals surface area contributed by atoms with Crippen LogP contribution in [-0.4, -0.2) is 16.5 Å². The molecule has 6 heteroatoms. The van der Waals surface area contributed by atoms with E-state index in [1.54, 1.807) is 18.3 Å². The van der Waals surface area contributed by atoms with Crippen LogP contribution in [0.1, 0.15) is 18.1 Å². The molecule has 0 aliphatic carbocycles. The van der Waals surface area contributed by atoms with E-state index in [1.165, 1.54) is 6.07 Å². The second kappa shape index (κ2) is 6.69. The number of ether oxygens (including phenoxy) is 1. The molecule has 2 rings (SSSR count). The lowest BCUT2D eigenvalue weighted by molar-refractivity contribution is -0.386. The Balaban J connectivity index is 2.13. The van der Waals surface area contributed by atoms with Gasteiger partial charge in [-0.25, -0.2) is 4.98 Å². The van der Waals surface area contributed by atoms with E-state index >= 15 is 0 Å². The molecule has 1 N–H and O–H groups in total. The second-order valence-electron chi connectivity index (χ2n) is 4.60. The van der Waals surface area contributed by atoms with Gasteiger partial charge < -0.3 is 10.1 Å². The summed E-state index contributed by atoms with van der Waals surface area (Å²) in [5.74, 6) is 1.03. The molecule has 1 aromatic carbocycles. The highest BCUT2D eigenvalue weighted by Crippen LogP contribution is 2.28. The third-order valence-corrected chi connectivity index (χ3v) is 2.89. The number of anilines is 1. The molecule has 1 heterocycles. The van der Waals surface area contributed by atoms with Crippen LogP contribution in [0.15, 0.2) is 36.5 Å². The number of hydrogen-bond acceptors (Lipinski definition) is 5. The molecule has 0 aliphatic heterocycles. The molecule has 0 amide bonds. The van der Waals surface area contributed by atoms with Crippen LogP contribution in [0.4, 0.5) is 11.5 Å². The summed E-state index contributed by atoms with van der Waals surface area (Å²) in [7, 11) is 0. The molecule has 0 atom stereocenters. The quantitative estimate of drug-likeness (QED) is 0.651. The van der Waals surface area contributed by atoms with Gasteiger partial charge in [-0.2, -0.15) is 0 Å². The number of nitro benzene ring substituents is 1. The Morgan fingerprint density at radius 1 is 1.33 bits per heavy atom. The Morgan fingerprint density at radius 3 is 2.86 bits per heavy atom. The number of nitrogens with zero attached hydrogens (tertiary/aromatic N) is 2.